The molecular formula is C14H20N2O. The second-order valence-electron chi connectivity index (χ2n) is 4.89. The van der Waals surface area contributed by atoms with Crippen molar-refractivity contribution >= 4 is 17.2 Å². The minimum atomic E-state index is 0.122. The van der Waals surface area contributed by atoms with Crippen molar-refractivity contribution in [3.63, 3.8) is 0 Å². The van der Waals surface area contributed by atoms with Crippen LogP contribution in [0.15, 0.2) is 18.2 Å². The molecule has 0 aromatic heterocycles. The normalized spacial score (nSPS) is 19.6. The van der Waals surface area contributed by atoms with Crippen molar-refractivity contribution < 1.29 is 4.79 Å². The number of benzene rings is 1. The van der Waals surface area contributed by atoms with Gasteiger partial charge >= 0.3 is 0 Å². The van der Waals surface area contributed by atoms with Gasteiger partial charge in [0.05, 0.1) is 0 Å². The quantitative estimate of drug-likeness (QED) is 0.644. The first-order valence-electron chi connectivity index (χ1n) is 6.29. The van der Waals surface area contributed by atoms with Crippen molar-refractivity contribution in [2.24, 2.45) is 5.92 Å². The molecule has 17 heavy (non-hydrogen) atoms. The molecule has 0 aliphatic carbocycles. The number of carbonyl (C=O) groups is 1. The smallest absolute Gasteiger partial charge is 0.164 e. The summed E-state index contributed by atoms with van der Waals surface area (Å²) in [4.78, 5) is 14.1. The minimum Gasteiger partial charge on any atom is -0.398 e. The number of nitrogen functional groups attached to an aromatic ring is 1. The molecule has 1 aliphatic heterocycles. The van der Waals surface area contributed by atoms with Crippen molar-refractivity contribution in [2.45, 2.75) is 26.7 Å². The first kappa shape index (κ1) is 12.0. The Balaban J connectivity index is 2.27. The average molecular weight is 232 g/mol. The summed E-state index contributed by atoms with van der Waals surface area (Å²) in [5, 5.41) is 0. The first-order valence-corrected chi connectivity index (χ1v) is 6.29. The molecule has 3 nitrogen and oxygen atoms in total. The summed E-state index contributed by atoms with van der Waals surface area (Å²) in [6, 6.07) is 5.81. The Morgan fingerprint density at radius 1 is 1.53 bits per heavy atom. The Morgan fingerprint density at radius 3 is 2.88 bits per heavy atom. The molecule has 1 unspecified atom stereocenters. The van der Waals surface area contributed by atoms with Gasteiger partial charge in [-0.2, -0.15) is 0 Å². The van der Waals surface area contributed by atoms with Gasteiger partial charge in [0, 0.05) is 36.4 Å². The van der Waals surface area contributed by atoms with E-state index in [4.69, 9.17) is 5.73 Å². The standard InChI is InChI=1S/C14H20N2O/c1-3-14(17)12-8-11(4-5-13(12)15)16-7-6-10(2)9-16/h4-5,8,10H,3,6-7,9,15H2,1-2H3. The number of carbonyl (C=O) groups excluding carboxylic acids is 1. The molecule has 2 N–H and O–H groups in total. The molecule has 1 fully saturated rings. The van der Waals surface area contributed by atoms with E-state index in [0.717, 1.165) is 24.7 Å². The van der Waals surface area contributed by atoms with Gasteiger partial charge in [0.25, 0.3) is 0 Å². The largest absolute Gasteiger partial charge is 0.398 e. The number of nitrogens with zero attached hydrogens (tertiary/aromatic N) is 1. The highest BCUT2D eigenvalue weighted by molar-refractivity contribution is 6.01. The zero-order valence-corrected chi connectivity index (χ0v) is 10.6. The van der Waals surface area contributed by atoms with Gasteiger partial charge in [-0.1, -0.05) is 13.8 Å². The summed E-state index contributed by atoms with van der Waals surface area (Å²) in [5.74, 6) is 0.856. The van der Waals surface area contributed by atoms with E-state index in [2.05, 4.69) is 11.8 Å². The molecule has 0 saturated carbocycles. The molecule has 1 atom stereocenters. The van der Waals surface area contributed by atoms with E-state index in [1.807, 2.05) is 25.1 Å². The fraction of sp³-hybridized carbons (Fsp3) is 0.500. The molecule has 2 rings (SSSR count). The first-order chi connectivity index (χ1) is 8.11. The van der Waals surface area contributed by atoms with Crippen LogP contribution < -0.4 is 10.6 Å². The Bertz CT molecular complexity index is 428. The van der Waals surface area contributed by atoms with Crippen molar-refractivity contribution in [1.82, 2.24) is 0 Å². The molecule has 0 radical (unpaired) electrons. The van der Waals surface area contributed by atoms with Crippen LogP contribution in [0.5, 0.6) is 0 Å². The van der Waals surface area contributed by atoms with E-state index < -0.39 is 0 Å². The van der Waals surface area contributed by atoms with Crippen LogP contribution in [0.1, 0.15) is 37.0 Å². The highest BCUT2D eigenvalue weighted by Gasteiger charge is 2.20. The summed E-state index contributed by atoms with van der Waals surface area (Å²) in [7, 11) is 0. The average Bonchev–Trinajstić information content (AvgIpc) is 2.75. The van der Waals surface area contributed by atoms with Crippen LogP contribution >= 0.6 is 0 Å². The zero-order chi connectivity index (χ0) is 12.4. The summed E-state index contributed by atoms with van der Waals surface area (Å²) >= 11 is 0. The van der Waals surface area contributed by atoms with Crippen molar-refractivity contribution in [2.75, 3.05) is 23.7 Å². The fourth-order valence-electron chi connectivity index (χ4n) is 2.34. The van der Waals surface area contributed by atoms with Crippen molar-refractivity contribution in [3.8, 4) is 0 Å². The number of anilines is 2. The Kier molecular flexibility index (Phi) is 3.36. The van der Waals surface area contributed by atoms with Crippen LogP contribution in [0.25, 0.3) is 0 Å². The summed E-state index contributed by atoms with van der Waals surface area (Å²) in [6.07, 6.45) is 1.73. The van der Waals surface area contributed by atoms with Gasteiger partial charge in [0.2, 0.25) is 0 Å². The Labute approximate surface area is 103 Å². The van der Waals surface area contributed by atoms with Gasteiger partial charge in [-0.05, 0) is 30.5 Å². The zero-order valence-electron chi connectivity index (χ0n) is 10.6. The molecule has 1 aromatic carbocycles. The van der Waals surface area contributed by atoms with Crippen molar-refractivity contribution in [1.29, 1.82) is 0 Å². The van der Waals surface area contributed by atoms with Crippen LogP contribution in [0.3, 0.4) is 0 Å². The molecule has 3 heteroatoms. The van der Waals surface area contributed by atoms with Gasteiger partial charge in [-0.25, -0.2) is 0 Å². The third-order valence-electron chi connectivity index (χ3n) is 3.45. The van der Waals surface area contributed by atoms with Crippen LogP contribution in [0.4, 0.5) is 11.4 Å². The Hall–Kier alpha value is -1.51. The lowest BCUT2D eigenvalue weighted by Crippen LogP contribution is -2.19. The predicted molar refractivity (Wildman–Crippen MR) is 71.5 cm³/mol. The van der Waals surface area contributed by atoms with Crippen LogP contribution in [0.2, 0.25) is 0 Å². The Morgan fingerprint density at radius 2 is 2.29 bits per heavy atom. The van der Waals surface area contributed by atoms with E-state index in [1.54, 1.807) is 0 Å². The lowest BCUT2D eigenvalue weighted by molar-refractivity contribution is 0.0989. The topological polar surface area (TPSA) is 46.3 Å². The van der Waals surface area contributed by atoms with Crippen LogP contribution in [-0.2, 0) is 0 Å². The van der Waals surface area contributed by atoms with Gasteiger partial charge in [0.1, 0.15) is 0 Å². The van der Waals surface area contributed by atoms with E-state index >= 15 is 0 Å². The molecule has 1 heterocycles. The maximum absolute atomic E-state index is 11.8. The minimum absolute atomic E-state index is 0.122. The van der Waals surface area contributed by atoms with Crippen molar-refractivity contribution in [3.05, 3.63) is 23.8 Å². The molecule has 0 amide bonds. The summed E-state index contributed by atoms with van der Waals surface area (Å²) in [5.41, 5.74) is 8.24. The van der Waals surface area contributed by atoms with Crippen LogP contribution in [-0.4, -0.2) is 18.9 Å². The number of nitrogens with two attached hydrogens (primary N) is 1. The predicted octanol–water partition coefficient (Wildman–Crippen LogP) is 2.71. The van der Waals surface area contributed by atoms with Crippen LogP contribution in [0, 0.1) is 5.92 Å². The number of rotatable bonds is 3. The molecule has 1 aliphatic rings. The molecule has 1 saturated heterocycles. The molecule has 92 valence electrons. The SMILES string of the molecule is CCC(=O)c1cc(N2CCC(C)C2)ccc1N. The number of ketones is 1. The van der Waals surface area contributed by atoms with Gasteiger partial charge in [0.15, 0.2) is 5.78 Å². The second kappa shape index (κ2) is 4.78. The van der Waals surface area contributed by atoms with E-state index in [1.165, 1.54) is 6.42 Å². The molecule has 0 bridgehead atoms. The molecular weight excluding hydrogens is 212 g/mol. The maximum Gasteiger partial charge on any atom is 0.164 e. The molecule has 0 spiro atoms. The second-order valence-corrected chi connectivity index (χ2v) is 4.89. The highest BCUT2D eigenvalue weighted by Crippen LogP contribution is 2.27. The summed E-state index contributed by atoms with van der Waals surface area (Å²) < 4.78 is 0. The van der Waals surface area contributed by atoms with Gasteiger partial charge in [-0.15, -0.1) is 0 Å². The van der Waals surface area contributed by atoms with Gasteiger partial charge in [-0.3, -0.25) is 4.79 Å². The third kappa shape index (κ3) is 2.43. The van der Waals surface area contributed by atoms with E-state index in [9.17, 15) is 4.79 Å². The number of hydrogen-bond donors (Lipinski definition) is 1. The monoisotopic (exact) mass is 232 g/mol. The number of Topliss-reactive ketones (excluding diaryl/α,β-unsaturated/α-hetero) is 1. The molecule has 1 aromatic rings. The summed E-state index contributed by atoms with van der Waals surface area (Å²) in [6.45, 7) is 6.27. The van der Waals surface area contributed by atoms with Gasteiger partial charge < -0.3 is 10.6 Å². The highest BCUT2D eigenvalue weighted by atomic mass is 16.1. The third-order valence-corrected chi connectivity index (χ3v) is 3.45. The number of hydrogen-bond acceptors (Lipinski definition) is 3. The fourth-order valence-corrected chi connectivity index (χ4v) is 2.34. The lowest BCUT2D eigenvalue weighted by atomic mass is 10.1. The maximum atomic E-state index is 11.8. The van der Waals surface area contributed by atoms with E-state index in [0.29, 0.717) is 17.7 Å². The lowest BCUT2D eigenvalue weighted by Gasteiger charge is -2.19. The van der Waals surface area contributed by atoms with E-state index in [-0.39, 0.29) is 5.78 Å².